The number of rotatable bonds is 4. The molecule has 2 aromatic heterocycles. The fraction of sp³-hybridized carbons (Fsp3) is 0.389. The molecule has 4 rings (SSSR count). The van der Waals surface area contributed by atoms with Crippen LogP contribution in [0.15, 0.2) is 35.8 Å². The van der Waals surface area contributed by atoms with Crippen LogP contribution in [0.4, 0.5) is 5.82 Å². The zero-order valence-electron chi connectivity index (χ0n) is 14.0. The number of nitrogens with zero attached hydrogens (tertiary/aromatic N) is 5. The fourth-order valence-electron chi connectivity index (χ4n) is 3.39. The molecule has 1 unspecified atom stereocenters. The van der Waals surface area contributed by atoms with Gasteiger partial charge in [-0.25, -0.2) is 15.0 Å². The van der Waals surface area contributed by atoms with Gasteiger partial charge in [0.1, 0.15) is 16.6 Å². The van der Waals surface area contributed by atoms with E-state index in [0.29, 0.717) is 6.04 Å². The molecule has 1 saturated heterocycles. The summed E-state index contributed by atoms with van der Waals surface area (Å²) in [5.74, 6) is 1.88. The minimum atomic E-state index is 0.405. The number of benzene rings is 1. The van der Waals surface area contributed by atoms with E-state index in [2.05, 4.69) is 32.3 Å². The molecule has 0 aliphatic carbocycles. The van der Waals surface area contributed by atoms with Gasteiger partial charge in [-0.3, -0.25) is 4.90 Å². The van der Waals surface area contributed by atoms with Crippen molar-refractivity contribution in [1.29, 1.82) is 0 Å². The Morgan fingerprint density at radius 1 is 1.25 bits per heavy atom. The number of anilines is 1. The second-order valence-corrected chi connectivity index (χ2v) is 7.30. The predicted octanol–water partition coefficient (Wildman–Crippen LogP) is 3.49. The maximum Gasteiger partial charge on any atom is 0.145 e. The lowest BCUT2D eigenvalue weighted by atomic mass is 10.2. The van der Waals surface area contributed by atoms with Crippen LogP contribution in [-0.4, -0.2) is 40.5 Å². The number of para-hydroxylation sites is 1. The van der Waals surface area contributed by atoms with Gasteiger partial charge in [0.15, 0.2) is 0 Å². The van der Waals surface area contributed by atoms with Crippen molar-refractivity contribution in [1.82, 2.24) is 19.9 Å². The van der Waals surface area contributed by atoms with Crippen molar-refractivity contribution < 1.29 is 0 Å². The van der Waals surface area contributed by atoms with Gasteiger partial charge >= 0.3 is 0 Å². The molecule has 1 aliphatic rings. The van der Waals surface area contributed by atoms with E-state index in [1.54, 1.807) is 11.3 Å². The minimum absolute atomic E-state index is 0.405. The van der Waals surface area contributed by atoms with Crippen LogP contribution in [0.1, 0.15) is 29.7 Å². The molecule has 3 aromatic rings. The summed E-state index contributed by atoms with van der Waals surface area (Å²) in [6.07, 6.45) is 4.27. The monoisotopic (exact) mass is 339 g/mol. The Labute approximate surface area is 146 Å². The summed E-state index contributed by atoms with van der Waals surface area (Å²) < 4.78 is 0. The molecule has 24 heavy (non-hydrogen) atoms. The quantitative estimate of drug-likeness (QED) is 0.728. The highest BCUT2D eigenvalue weighted by molar-refractivity contribution is 7.09. The zero-order valence-corrected chi connectivity index (χ0v) is 14.8. The lowest BCUT2D eigenvalue weighted by molar-refractivity contribution is 0.242. The van der Waals surface area contributed by atoms with Crippen LogP contribution >= 0.6 is 11.3 Å². The Morgan fingerprint density at radius 3 is 2.92 bits per heavy atom. The third-order valence-corrected chi connectivity index (χ3v) is 5.37. The van der Waals surface area contributed by atoms with Crippen LogP contribution in [0, 0.1) is 0 Å². The lowest BCUT2D eigenvalue weighted by Gasteiger charge is -2.23. The number of hydrogen-bond donors (Lipinski definition) is 0. The molecule has 3 heterocycles. The molecule has 1 fully saturated rings. The summed E-state index contributed by atoms with van der Waals surface area (Å²) >= 11 is 1.74. The van der Waals surface area contributed by atoms with E-state index in [1.807, 2.05) is 32.4 Å². The Morgan fingerprint density at radius 2 is 2.12 bits per heavy atom. The molecule has 124 valence electrons. The number of thiazole rings is 1. The van der Waals surface area contributed by atoms with Gasteiger partial charge < -0.3 is 4.90 Å². The molecule has 0 bridgehead atoms. The van der Waals surface area contributed by atoms with Gasteiger partial charge in [0.05, 0.1) is 18.1 Å². The smallest absolute Gasteiger partial charge is 0.145 e. The van der Waals surface area contributed by atoms with Crippen molar-refractivity contribution in [3.63, 3.8) is 0 Å². The number of aromatic nitrogens is 3. The molecule has 6 heteroatoms. The van der Waals surface area contributed by atoms with E-state index in [1.165, 1.54) is 17.8 Å². The topological polar surface area (TPSA) is 45.2 Å². The van der Waals surface area contributed by atoms with Crippen molar-refractivity contribution in [3.05, 3.63) is 46.7 Å². The summed E-state index contributed by atoms with van der Waals surface area (Å²) in [4.78, 5) is 18.7. The van der Waals surface area contributed by atoms with Gasteiger partial charge in [0.25, 0.3) is 0 Å². The molecule has 0 saturated carbocycles. The van der Waals surface area contributed by atoms with Gasteiger partial charge in [-0.1, -0.05) is 12.1 Å². The van der Waals surface area contributed by atoms with Crippen molar-refractivity contribution in [2.75, 3.05) is 25.5 Å². The average Bonchev–Trinajstić information content (AvgIpc) is 3.25. The van der Waals surface area contributed by atoms with Gasteiger partial charge in [0, 0.05) is 31.1 Å². The van der Waals surface area contributed by atoms with E-state index < -0.39 is 0 Å². The van der Waals surface area contributed by atoms with Crippen LogP contribution < -0.4 is 4.90 Å². The molecule has 0 spiro atoms. The molecule has 0 amide bonds. The lowest BCUT2D eigenvalue weighted by Crippen LogP contribution is -2.24. The largest absolute Gasteiger partial charge is 0.362 e. The first-order valence-corrected chi connectivity index (χ1v) is 9.17. The van der Waals surface area contributed by atoms with E-state index in [-0.39, 0.29) is 0 Å². The SMILES string of the molecule is CN(C)c1nc(CN2CCCC2c2nccs2)nc2ccccc12. The Bertz CT molecular complexity index is 831. The summed E-state index contributed by atoms with van der Waals surface area (Å²) in [5.41, 5.74) is 1.01. The average molecular weight is 339 g/mol. The Hall–Kier alpha value is -2.05. The van der Waals surface area contributed by atoms with Gasteiger partial charge in [-0.2, -0.15) is 0 Å². The second kappa shape index (κ2) is 6.45. The van der Waals surface area contributed by atoms with Gasteiger partial charge in [-0.15, -0.1) is 11.3 Å². The van der Waals surface area contributed by atoms with Crippen LogP contribution in [0.3, 0.4) is 0 Å². The fourth-order valence-corrected chi connectivity index (χ4v) is 4.20. The first kappa shape index (κ1) is 15.5. The van der Waals surface area contributed by atoms with Gasteiger partial charge in [0.2, 0.25) is 0 Å². The molecule has 1 aromatic carbocycles. The number of fused-ring (bicyclic) bond motifs is 1. The maximum absolute atomic E-state index is 4.84. The molecule has 1 aliphatic heterocycles. The summed E-state index contributed by atoms with van der Waals surface area (Å²) in [7, 11) is 4.07. The molecular weight excluding hydrogens is 318 g/mol. The molecular formula is C18H21N5S. The van der Waals surface area contributed by atoms with Crippen LogP contribution in [0.5, 0.6) is 0 Å². The molecule has 1 atom stereocenters. The van der Waals surface area contributed by atoms with E-state index >= 15 is 0 Å². The van der Waals surface area contributed by atoms with Crippen molar-refractivity contribution in [2.24, 2.45) is 0 Å². The van der Waals surface area contributed by atoms with E-state index in [4.69, 9.17) is 9.97 Å². The third-order valence-electron chi connectivity index (χ3n) is 4.50. The number of hydrogen-bond acceptors (Lipinski definition) is 6. The van der Waals surface area contributed by atoms with Crippen molar-refractivity contribution in [3.8, 4) is 0 Å². The normalized spacial score (nSPS) is 18.3. The molecule has 5 nitrogen and oxygen atoms in total. The highest BCUT2D eigenvalue weighted by atomic mass is 32.1. The van der Waals surface area contributed by atoms with Crippen LogP contribution in [0.25, 0.3) is 10.9 Å². The van der Waals surface area contributed by atoms with Crippen molar-refractivity contribution >= 4 is 28.1 Å². The minimum Gasteiger partial charge on any atom is -0.362 e. The first-order valence-electron chi connectivity index (χ1n) is 8.29. The van der Waals surface area contributed by atoms with Crippen molar-refractivity contribution in [2.45, 2.75) is 25.4 Å². The summed E-state index contributed by atoms with van der Waals surface area (Å²) in [6, 6.07) is 8.63. The summed E-state index contributed by atoms with van der Waals surface area (Å²) in [5, 5.41) is 4.37. The second-order valence-electron chi connectivity index (χ2n) is 6.37. The zero-order chi connectivity index (χ0) is 16.5. The van der Waals surface area contributed by atoms with Crippen LogP contribution in [0.2, 0.25) is 0 Å². The first-order chi connectivity index (χ1) is 11.7. The number of likely N-dealkylation sites (tertiary alicyclic amines) is 1. The van der Waals surface area contributed by atoms with E-state index in [9.17, 15) is 0 Å². The highest BCUT2D eigenvalue weighted by Gasteiger charge is 2.28. The van der Waals surface area contributed by atoms with Crippen LogP contribution in [-0.2, 0) is 6.54 Å². The predicted molar refractivity (Wildman–Crippen MR) is 98.4 cm³/mol. The molecule has 0 N–H and O–H groups in total. The Kier molecular flexibility index (Phi) is 4.16. The maximum atomic E-state index is 4.84. The highest BCUT2D eigenvalue weighted by Crippen LogP contribution is 2.34. The Balaban J connectivity index is 1.67. The van der Waals surface area contributed by atoms with E-state index in [0.717, 1.165) is 35.6 Å². The third kappa shape index (κ3) is 2.87. The molecule has 0 radical (unpaired) electrons. The van der Waals surface area contributed by atoms with Gasteiger partial charge in [-0.05, 0) is 31.5 Å². The summed E-state index contributed by atoms with van der Waals surface area (Å²) in [6.45, 7) is 1.85. The standard InChI is InChI=1S/C18H21N5S/c1-22(2)17-13-6-3-4-7-14(13)20-16(21-17)12-23-10-5-8-15(23)18-19-9-11-24-18/h3-4,6-7,9,11,15H,5,8,10,12H2,1-2H3.